The number of pyridine rings is 1. The second kappa shape index (κ2) is 7.93. The molecular weight excluding hydrogens is 431 g/mol. The first kappa shape index (κ1) is 19.9. The van der Waals surface area contributed by atoms with Crippen molar-refractivity contribution in [2.24, 2.45) is 0 Å². The second-order valence-corrected chi connectivity index (χ2v) is 8.22. The number of anilines is 1. The Balaban J connectivity index is 1.48. The van der Waals surface area contributed by atoms with E-state index in [1.54, 1.807) is 35.2 Å². The van der Waals surface area contributed by atoms with Gasteiger partial charge in [-0.1, -0.05) is 6.07 Å². The number of aryl methyl sites for hydroxylation is 2. The van der Waals surface area contributed by atoms with Gasteiger partial charge in [0.25, 0.3) is 5.91 Å². The lowest BCUT2D eigenvalue weighted by Gasteiger charge is -2.10. The Morgan fingerprint density at radius 2 is 2.09 bits per heavy atom. The molecule has 0 spiro atoms. The molecular formula is C21H17FN8OS. The number of rotatable bonds is 5. The molecule has 5 aromatic rings. The quantitative estimate of drug-likeness (QED) is 0.441. The average Bonchev–Trinajstić information content (AvgIpc) is 3.52. The number of nitrogens with zero attached hydrogens (tertiary/aromatic N) is 7. The fourth-order valence-electron chi connectivity index (χ4n) is 3.43. The number of tetrazole rings is 1. The monoisotopic (exact) mass is 448 g/mol. The molecule has 0 atom stereocenters. The van der Waals surface area contributed by atoms with E-state index in [1.165, 1.54) is 22.9 Å². The number of aromatic nitrogens is 7. The second-order valence-electron chi connectivity index (χ2n) is 7.19. The summed E-state index contributed by atoms with van der Waals surface area (Å²) >= 11 is 1.63. The largest absolute Gasteiger partial charge is 0.322 e. The first-order valence-corrected chi connectivity index (χ1v) is 10.6. The molecule has 32 heavy (non-hydrogen) atoms. The number of hydrogen-bond donors (Lipinski definition) is 1. The van der Waals surface area contributed by atoms with Gasteiger partial charge in [0.05, 0.1) is 23.7 Å². The van der Waals surface area contributed by atoms with E-state index in [9.17, 15) is 9.18 Å². The van der Waals surface area contributed by atoms with Crippen molar-refractivity contribution >= 4 is 34.0 Å². The van der Waals surface area contributed by atoms with Crippen molar-refractivity contribution in [3.05, 3.63) is 75.8 Å². The highest BCUT2D eigenvalue weighted by atomic mass is 32.1. The van der Waals surface area contributed by atoms with Crippen LogP contribution < -0.4 is 5.32 Å². The summed E-state index contributed by atoms with van der Waals surface area (Å²) in [6.45, 7) is 4.06. The summed E-state index contributed by atoms with van der Waals surface area (Å²) in [6, 6.07) is 9.96. The van der Waals surface area contributed by atoms with Crippen LogP contribution in [0.3, 0.4) is 0 Å². The van der Waals surface area contributed by atoms with Gasteiger partial charge < -0.3 is 5.32 Å². The van der Waals surface area contributed by atoms with Crippen LogP contribution in [-0.4, -0.2) is 40.9 Å². The van der Waals surface area contributed by atoms with E-state index in [4.69, 9.17) is 0 Å². The molecule has 160 valence electrons. The minimum absolute atomic E-state index is 0.144. The van der Waals surface area contributed by atoms with Crippen LogP contribution in [-0.2, 0) is 6.54 Å². The van der Waals surface area contributed by atoms with Gasteiger partial charge >= 0.3 is 0 Å². The highest BCUT2D eigenvalue weighted by Gasteiger charge is 2.18. The first-order chi connectivity index (χ1) is 15.5. The lowest BCUT2D eigenvalue weighted by atomic mass is 10.1. The van der Waals surface area contributed by atoms with Crippen LogP contribution >= 0.6 is 11.3 Å². The van der Waals surface area contributed by atoms with Crippen LogP contribution in [0.15, 0.2) is 48.0 Å². The Labute approximate surface area is 185 Å². The van der Waals surface area contributed by atoms with E-state index >= 15 is 0 Å². The number of amides is 1. The van der Waals surface area contributed by atoms with E-state index in [0.29, 0.717) is 40.3 Å². The fourth-order valence-corrected chi connectivity index (χ4v) is 4.12. The van der Waals surface area contributed by atoms with Crippen molar-refractivity contribution in [3.8, 4) is 5.69 Å². The van der Waals surface area contributed by atoms with Crippen molar-refractivity contribution < 1.29 is 9.18 Å². The molecule has 0 aliphatic heterocycles. The molecule has 9 nitrogen and oxygen atoms in total. The molecule has 11 heteroatoms. The van der Waals surface area contributed by atoms with Gasteiger partial charge in [0.2, 0.25) is 0 Å². The summed E-state index contributed by atoms with van der Waals surface area (Å²) in [7, 11) is 0. The fraction of sp³-hybridized carbons (Fsp3) is 0.143. The van der Waals surface area contributed by atoms with Crippen molar-refractivity contribution in [2.75, 3.05) is 5.32 Å². The zero-order chi connectivity index (χ0) is 22.2. The molecule has 0 unspecified atom stereocenters. The first-order valence-electron chi connectivity index (χ1n) is 9.71. The third-order valence-electron chi connectivity index (χ3n) is 4.93. The molecule has 0 fully saturated rings. The summed E-state index contributed by atoms with van der Waals surface area (Å²) in [5.74, 6) is -0.422. The van der Waals surface area contributed by atoms with Crippen molar-refractivity contribution in [1.82, 2.24) is 35.0 Å². The van der Waals surface area contributed by atoms with Crippen molar-refractivity contribution in [3.63, 3.8) is 0 Å². The molecule has 1 N–H and O–H groups in total. The average molecular weight is 448 g/mol. The number of benzene rings is 1. The maximum Gasteiger partial charge on any atom is 0.256 e. The summed E-state index contributed by atoms with van der Waals surface area (Å²) in [5.41, 5.74) is 2.32. The smallest absolute Gasteiger partial charge is 0.256 e. The Morgan fingerprint density at radius 1 is 1.22 bits per heavy atom. The Hall–Kier alpha value is -3.99. The van der Waals surface area contributed by atoms with E-state index in [0.717, 1.165) is 4.88 Å². The maximum atomic E-state index is 14.3. The van der Waals surface area contributed by atoms with Crippen LogP contribution in [0.4, 0.5) is 10.1 Å². The highest BCUT2D eigenvalue weighted by Crippen LogP contribution is 2.23. The van der Waals surface area contributed by atoms with Crippen LogP contribution in [0.5, 0.6) is 0 Å². The van der Waals surface area contributed by atoms with Gasteiger partial charge in [-0.2, -0.15) is 9.78 Å². The van der Waals surface area contributed by atoms with Crippen molar-refractivity contribution in [1.29, 1.82) is 0 Å². The zero-order valence-corrected chi connectivity index (χ0v) is 18.0. The van der Waals surface area contributed by atoms with Crippen LogP contribution in [0, 0.1) is 19.7 Å². The Kier molecular flexibility index (Phi) is 4.94. The number of nitrogens with one attached hydrogen (secondary N) is 1. The molecule has 1 aromatic carbocycles. The molecule has 4 heterocycles. The van der Waals surface area contributed by atoms with Gasteiger partial charge in [-0.05, 0) is 60.0 Å². The number of fused-ring (bicyclic) bond motifs is 1. The third kappa shape index (κ3) is 3.62. The number of thiophene rings is 1. The standard InChI is InChI=1S/C21H17FN8OS/c1-12-8-16(17-10-23-29(20(17)24-12)11-15-4-3-7-32-15)21(31)25-14-5-6-18(22)19(9-14)30-13(2)26-27-28-30/h3-10H,11H2,1-2H3,(H,25,31). The van der Waals surface area contributed by atoms with E-state index in [2.05, 4.69) is 30.9 Å². The summed E-state index contributed by atoms with van der Waals surface area (Å²) in [6.07, 6.45) is 1.64. The SMILES string of the molecule is Cc1cc(C(=O)Nc2ccc(F)c(-n3nnnc3C)c2)c2cnn(Cc3cccs3)c2n1. The third-order valence-corrected chi connectivity index (χ3v) is 5.79. The summed E-state index contributed by atoms with van der Waals surface area (Å²) in [5, 5.41) is 21.0. The molecule has 5 rings (SSSR count). The number of carbonyl (C=O) groups excluding carboxylic acids is 1. The van der Waals surface area contributed by atoms with Gasteiger partial charge in [0, 0.05) is 16.3 Å². The molecule has 0 radical (unpaired) electrons. The highest BCUT2D eigenvalue weighted by molar-refractivity contribution is 7.09. The number of halogens is 1. The molecule has 0 saturated heterocycles. The molecule has 1 amide bonds. The molecule has 0 aliphatic rings. The van der Waals surface area contributed by atoms with Crippen LogP contribution in [0.25, 0.3) is 16.7 Å². The Morgan fingerprint density at radius 3 is 2.84 bits per heavy atom. The van der Waals surface area contributed by atoms with Crippen LogP contribution in [0.2, 0.25) is 0 Å². The predicted molar refractivity (Wildman–Crippen MR) is 117 cm³/mol. The van der Waals surface area contributed by atoms with Gasteiger partial charge in [0.1, 0.15) is 11.5 Å². The van der Waals surface area contributed by atoms with Gasteiger partial charge in [-0.25, -0.2) is 14.1 Å². The topological polar surface area (TPSA) is 103 Å². The minimum Gasteiger partial charge on any atom is -0.322 e. The van der Waals surface area contributed by atoms with Gasteiger partial charge in [-0.3, -0.25) is 4.79 Å². The normalized spacial score (nSPS) is 11.2. The summed E-state index contributed by atoms with van der Waals surface area (Å²) in [4.78, 5) is 18.9. The number of hydrogen-bond acceptors (Lipinski definition) is 7. The lowest BCUT2D eigenvalue weighted by Crippen LogP contribution is -2.14. The van der Waals surface area contributed by atoms with E-state index in [1.807, 2.05) is 24.4 Å². The minimum atomic E-state index is -0.504. The molecule has 0 saturated carbocycles. The zero-order valence-electron chi connectivity index (χ0n) is 17.2. The van der Waals surface area contributed by atoms with E-state index in [-0.39, 0.29) is 11.6 Å². The summed E-state index contributed by atoms with van der Waals surface area (Å²) < 4.78 is 17.4. The molecule has 0 bridgehead atoms. The lowest BCUT2D eigenvalue weighted by molar-refractivity contribution is 0.102. The molecule has 4 aromatic heterocycles. The predicted octanol–water partition coefficient (Wildman–Crippen LogP) is 3.53. The number of carbonyl (C=O) groups is 1. The van der Waals surface area contributed by atoms with Crippen LogP contribution in [0.1, 0.15) is 26.8 Å². The molecule has 0 aliphatic carbocycles. The van der Waals surface area contributed by atoms with Gasteiger partial charge in [0.15, 0.2) is 11.5 Å². The Bertz CT molecular complexity index is 1440. The maximum absolute atomic E-state index is 14.3. The van der Waals surface area contributed by atoms with Gasteiger partial charge in [-0.15, -0.1) is 16.4 Å². The van der Waals surface area contributed by atoms with E-state index < -0.39 is 5.82 Å². The van der Waals surface area contributed by atoms with Crippen molar-refractivity contribution in [2.45, 2.75) is 20.4 Å².